The smallest absolute Gasteiger partial charge is 0.125 e. The molecule has 4 nitrogen and oxygen atoms in total. The van der Waals surface area contributed by atoms with E-state index in [0.29, 0.717) is 0 Å². The lowest BCUT2D eigenvalue weighted by Gasteiger charge is -2.10. The van der Waals surface area contributed by atoms with E-state index in [1.54, 1.807) is 14.2 Å². The van der Waals surface area contributed by atoms with Crippen molar-refractivity contribution in [2.24, 2.45) is 5.73 Å². The van der Waals surface area contributed by atoms with Crippen molar-refractivity contribution in [1.82, 2.24) is 5.32 Å². The Labute approximate surface area is 103 Å². The lowest BCUT2D eigenvalue weighted by Crippen LogP contribution is -2.20. The van der Waals surface area contributed by atoms with Crippen molar-refractivity contribution >= 4 is 0 Å². The van der Waals surface area contributed by atoms with Crippen molar-refractivity contribution in [3.63, 3.8) is 0 Å². The summed E-state index contributed by atoms with van der Waals surface area (Å²) in [5.74, 6) is 1.70. The molecule has 0 aliphatic carbocycles. The fourth-order valence-electron chi connectivity index (χ4n) is 1.63. The maximum Gasteiger partial charge on any atom is 0.125 e. The first kappa shape index (κ1) is 13.8. The third kappa shape index (κ3) is 4.63. The molecule has 1 aromatic carbocycles. The third-order valence-electron chi connectivity index (χ3n) is 2.62. The van der Waals surface area contributed by atoms with Crippen LogP contribution in [0.5, 0.6) is 11.5 Å². The lowest BCUT2D eigenvalue weighted by atomic mass is 10.1. The van der Waals surface area contributed by atoms with Gasteiger partial charge >= 0.3 is 0 Å². The molecule has 1 aromatic rings. The second-order valence-corrected chi connectivity index (χ2v) is 3.82. The average molecular weight is 238 g/mol. The number of nitrogens with one attached hydrogen (secondary N) is 1. The Morgan fingerprint density at radius 3 is 2.65 bits per heavy atom. The number of benzene rings is 1. The monoisotopic (exact) mass is 238 g/mol. The topological polar surface area (TPSA) is 56.5 Å². The van der Waals surface area contributed by atoms with Gasteiger partial charge in [0, 0.05) is 6.07 Å². The molecule has 0 heterocycles. The maximum absolute atomic E-state index is 5.43. The Bertz CT molecular complexity index is 329. The number of rotatable bonds is 8. The molecule has 0 unspecified atom stereocenters. The van der Waals surface area contributed by atoms with Gasteiger partial charge < -0.3 is 20.5 Å². The summed E-state index contributed by atoms with van der Waals surface area (Å²) in [5, 5.41) is 3.35. The Morgan fingerprint density at radius 1 is 1.18 bits per heavy atom. The van der Waals surface area contributed by atoms with Crippen LogP contribution in [0.15, 0.2) is 18.2 Å². The Balaban J connectivity index is 2.46. The molecule has 0 spiro atoms. The van der Waals surface area contributed by atoms with Crippen molar-refractivity contribution in [1.29, 1.82) is 0 Å². The van der Waals surface area contributed by atoms with Gasteiger partial charge in [0.1, 0.15) is 11.5 Å². The van der Waals surface area contributed by atoms with Crippen LogP contribution < -0.4 is 20.5 Å². The van der Waals surface area contributed by atoms with Crippen LogP contribution in [0.25, 0.3) is 0 Å². The molecule has 0 fully saturated rings. The second-order valence-electron chi connectivity index (χ2n) is 3.82. The third-order valence-corrected chi connectivity index (χ3v) is 2.62. The van der Waals surface area contributed by atoms with Gasteiger partial charge in [-0.3, -0.25) is 0 Å². The summed E-state index contributed by atoms with van der Waals surface area (Å²) in [6, 6.07) is 5.91. The number of methoxy groups -OCH3 is 2. The van der Waals surface area contributed by atoms with Crippen LogP contribution in [0.3, 0.4) is 0 Å². The molecule has 0 bridgehead atoms. The van der Waals surface area contributed by atoms with Crippen molar-refractivity contribution in [3.05, 3.63) is 23.8 Å². The molecule has 3 N–H and O–H groups in total. The van der Waals surface area contributed by atoms with E-state index >= 15 is 0 Å². The van der Waals surface area contributed by atoms with Gasteiger partial charge in [-0.1, -0.05) is 6.07 Å². The number of hydrogen-bond donors (Lipinski definition) is 2. The van der Waals surface area contributed by atoms with E-state index in [2.05, 4.69) is 5.32 Å². The van der Waals surface area contributed by atoms with Gasteiger partial charge in [0.05, 0.1) is 14.2 Å². The van der Waals surface area contributed by atoms with Crippen LogP contribution in [0.1, 0.15) is 12.0 Å². The SMILES string of the molecule is COc1ccc(CCNCCCN)c(OC)c1. The molecule has 0 aliphatic rings. The lowest BCUT2D eigenvalue weighted by molar-refractivity contribution is 0.390. The predicted molar refractivity (Wildman–Crippen MR) is 69.8 cm³/mol. The molecule has 0 radical (unpaired) electrons. The Morgan fingerprint density at radius 2 is 2.00 bits per heavy atom. The molecular formula is C13H22N2O2. The fourth-order valence-corrected chi connectivity index (χ4v) is 1.63. The zero-order valence-corrected chi connectivity index (χ0v) is 10.7. The summed E-state index contributed by atoms with van der Waals surface area (Å²) in [4.78, 5) is 0. The first-order valence-corrected chi connectivity index (χ1v) is 5.93. The summed E-state index contributed by atoms with van der Waals surface area (Å²) in [6.45, 7) is 2.64. The highest BCUT2D eigenvalue weighted by Gasteiger charge is 2.04. The Kier molecular flexibility index (Phi) is 6.43. The molecule has 0 aromatic heterocycles. The van der Waals surface area contributed by atoms with E-state index in [0.717, 1.165) is 44.0 Å². The molecule has 0 aliphatic heterocycles. The summed E-state index contributed by atoms with van der Waals surface area (Å²) < 4.78 is 10.5. The molecule has 96 valence electrons. The van der Waals surface area contributed by atoms with Crippen LogP contribution in [0, 0.1) is 0 Å². The zero-order chi connectivity index (χ0) is 12.5. The van der Waals surface area contributed by atoms with E-state index in [9.17, 15) is 0 Å². The molecule has 0 saturated carbocycles. The number of ether oxygens (including phenoxy) is 2. The molecule has 0 saturated heterocycles. The molecule has 0 amide bonds. The van der Waals surface area contributed by atoms with Crippen molar-refractivity contribution in [2.45, 2.75) is 12.8 Å². The zero-order valence-electron chi connectivity index (χ0n) is 10.7. The normalized spacial score (nSPS) is 10.3. The minimum absolute atomic E-state index is 0.735. The van der Waals surface area contributed by atoms with Gasteiger partial charge in [-0.15, -0.1) is 0 Å². The first-order valence-electron chi connectivity index (χ1n) is 5.93. The van der Waals surface area contributed by atoms with Crippen LogP contribution >= 0.6 is 0 Å². The first-order chi connectivity index (χ1) is 8.31. The minimum atomic E-state index is 0.735. The summed E-state index contributed by atoms with van der Waals surface area (Å²) >= 11 is 0. The molecule has 17 heavy (non-hydrogen) atoms. The standard InChI is InChI=1S/C13H22N2O2/c1-16-12-5-4-11(13(10-12)17-2)6-9-15-8-3-7-14/h4-5,10,15H,3,6-9,14H2,1-2H3. The second kappa shape index (κ2) is 7.92. The van der Waals surface area contributed by atoms with E-state index in [1.807, 2.05) is 18.2 Å². The highest BCUT2D eigenvalue weighted by Crippen LogP contribution is 2.24. The maximum atomic E-state index is 5.43. The highest BCUT2D eigenvalue weighted by molar-refractivity contribution is 5.40. The van der Waals surface area contributed by atoms with Crippen LogP contribution in [-0.4, -0.2) is 33.9 Å². The summed E-state index contributed by atoms with van der Waals surface area (Å²) in [6.07, 6.45) is 1.96. The van der Waals surface area contributed by atoms with E-state index in [4.69, 9.17) is 15.2 Å². The highest BCUT2D eigenvalue weighted by atomic mass is 16.5. The van der Waals surface area contributed by atoms with Gasteiger partial charge in [-0.05, 0) is 44.1 Å². The minimum Gasteiger partial charge on any atom is -0.497 e. The van der Waals surface area contributed by atoms with Gasteiger partial charge in [-0.25, -0.2) is 0 Å². The predicted octanol–water partition coefficient (Wildman–Crippen LogP) is 1.18. The van der Waals surface area contributed by atoms with Crippen LogP contribution in [0.4, 0.5) is 0 Å². The Hall–Kier alpha value is -1.26. The van der Waals surface area contributed by atoms with Gasteiger partial charge in [-0.2, -0.15) is 0 Å². The van der Waals surface area contributed by atoms with E-state index in [1.165, 1.54) is 5.56 Å². The summed E-state index contributed by atoms with van der Waals surface area (Å²) in [7, 11) is 3.34. The van der Waals surface area contributed by atoms with E-state index in [-0.39, 0.29) is 0 Å². The van der Waals surface area contributed by atoms with Crippen molar-refractivity contribution in [2.75, 3.05) is 33.9 Å². The summed E-state index contributed by atoms with van der Waals surface area (Å²) in [5.41, 5.74) is 6.61. The van der Waals surface area contributed by atoms with Crippen LogP contribution in [-0.2, 0) is 6.42 Å². The molecule has 1 rings (SSSR count). The van der Waals surface area contributed by atoms with Crippen molar-refractivity contribution in [3.8, 4) is 11.5 Å². The van der Waals surface area contributed by atoms with Crippen molar-refractivity contribution < 1.29 is 9.47 Å². The fraction of sp³-hybridized carbons (Fsp3) is 0.538. The number of nitrogens with two attached hydrogens (primary N) is 1. The van der Waals surface area contributed by atoms with Crippen LogP contribution in [0.2, 0.25) is 0 Å². The largest absolute Gasteiger partial charge is 0.497 e. The molecular weight excluding hydrogens is 216 g/mol. The molecule has 0 atom stereocenters. The number of hydrogen-bond acceptors (Lipinski definition) is 4. The van der Waals surface area contributed by atoms with E-state index < -0.39 is 0 Å². The average Bonchev–Trinajstić information content (AvgIpc) is 2.38. The quantitative estimate of drug-likeness (QED) is 0.668. The molecule has 4 heteroatoms. The van der Waals surface area contributed by atoms with Gasteiger partial charge in [0.2, 0.25) is 0 Å². The van der Waals surface area contributed by atoms with Gasteiger partial charge in [0.15, 0.2) is 0 Å². The van der Waals surface area contributed by atoms with Gasteiger partial charge in [0.25, 0.3) is 0 Å².